The second kappa shape index (κ2) is 4.86. The van der Waals surface area contributed by atoms with Crippen LogP contribution >= 0.6 is 11.6 Å². The number of carboxylic acids is 1. The number of halogens is 1. The summed E-state index contributed by atoms with van der Waals surface area (Å²) in [6, 6.07) is 6.83. The molecule has 0 amide bonds. The molecule has 0 saturated carbocycles. The molecule has 2 aromatic heterocycles. The Kier molecular flexibility index (Phi) is 3.14. The van der Waals surface area contributed by atoms with Crippen molar-refractivity contribution in [2.24, 2.45) is 0 Å². The zero-order chi connectivity index (χ0) is 15.1. The van der Waals surface area contributed by atoms with E-state index in [9.17, 15) is 9.90 Å². The molecule has 0 unspecified atom stereocenters. The molecule has 0 aliphatic carbocycles. The molecule has 1 N–H and O–H groups in total. The van der Waals surface area contributed by atoms with Crippen LogP contribution in [0.2, 0.25) is 5.15 Å². The number of hydrogen-bond acceptors (Lipinski definition) is 3. The van der Waals surface area contributed by atoms with Gasteiger partial charge in [-0.2, -0.15) is 0 Å². The van der Waals surface area contributed by atoms with E-state index >= 15 is 0 Å². The van der Waals surface area contributed by atoms with Crippen molar-refractivity contribution in [2.45, 2.75) is 13.8 Å². The van der Waals surface area contributed by atoms with E-state index in [1.54, 1.807) is 10.9 Å². The lowest BCUT2D eigenvalue weighted by Crippen LogP contribution is -2.07. The molecule has 3 rings (SSSR count). The minimum atomic E-state index is -1.06. The number of carboxylic acid groups (broad SMARTS) is 1. The third-order valence-corrected chi connectivity index (χ3v) is 3.67. The second-order valence-corrected chi connectivity index (χ2v) is 5.24. The summed E-state index contributed by atoms with van der Waals surface area (Å²) in [5.74, 6) is -0.791. The maximum atomic E-state index is 11.4. The Morgan fingerprint density at radius 3 is 2.67 bits per heavy atom. The van der Waals surface area contributed by atoms with Crippen molar-refractivity contribution in [1.82, 2.24) is 14.5 Å². The molecule has 106 valence electrons. The number of imidazole rings is 1. The fraction of sp³-hybridized carbons (Fsp3) is 0.133. The summed E-state index contributed by atoms with van der Waals surface area (Å²) in [5, 5.41) is 9.55. The van der Waals surface area contributed by atoms with E-state index in [-0.39, 0.29) is 16.5 Å². The molecule has 5 nitrogen and oxygen atoms in total. The number of rotatable bonds is 2. The topological polar surface area (TPSA) is 68.0 Å². The van der Waals surface area contributed by atoms with Gasteiger partial charge in [0.05, 0.1) is 11.0 Å². The zero-order valence-electron chi connectivity index (χ0n) is 11.5. The Hall–Kier alpha value is -2.40. The minimum Gasteiger partial charge on any atom is -0.478 e. The number of aromatic nitrogens is 3. The van der Waals surface area contributed by atoms with Gasteiger partial charge >= 0.3 is 5.97 Å². The lowest BCUT2D eigenvalue weighted by Gasteiger charge is -2.08. The van der Waals surface area contributed by atoms with E-state index in [0.717, 1.165) is 22.2 Å². The van der Waals surface area contributed by atoms with E-state index in [0.29, 0.717) is 0 Å². The summed E-state index contributed by atoms with van der Waals surface area (Å²) in [6.45, 7) is 4.00. The summed E-state index contributed by atoms with van der Waals surface area (Å²) >= 11 is 5.91. The van der Waals surface area contributed by atoms with E-state index in [4.69, 9.17) is 11.6 Å². The lowest BCUT2D eigenvalue weighted by molar-refractivity contribution is 0.0696. The van der Waals surface area contributed by atoms with Gasteiger partial charge in [-0.25, -0.2) is 14.8 Å². The Morgan fingerprint density at radius 1 is 1.24 bits per heavy atom. The SMILES string of the molecule is Cc1cc2ncn(-c3nc(Cl)ccc3C(=O)O)c2cc1C. The van der Waals surface area contributed by atoms with Crippen LogP contribution in [0.25, 0.3) is 16.9 Å². The highest BCUT2D eigenvalue weighted by molar-refractivity contribution is 6.29. The molecule has 0 saturated heterocycles. The molecule has 0 atom stereocenters. The molecule has 0 bridgehead atoms. The molecule has 1 aromatic carbocycles. The van der Waals surface area contributed by atoms with Gasteiger partial charge in [0.2, 0.25) is 0 Å². The van der Waals surface area contributed by atoms with Gasteiger partial charge < -0.3 is 5.11 Å². The number of aromatic carboxylic acids is 1. The Labute approximate surface area is 125 Å². The summed E-state index contributed by atoms with van der Waals surface area (Å²) in [4.78, 5) is 19.8. The summed E-state index contributed by atoms with van der Waals surface area (Å²) in [5.41, 5.74) is 3.90. The first-order valence-electron chi connectivity index (χ1n) is 6.32. The van der Waals surface area contributed by atoms with Crippen LogP contribution in [0.5, 0.6) is 0 Å². The molecule has 0 aliphatic heterocycles. The van der Waals surface area contributed by atoms with Gasteiger partial charge in [0, 0.05) is 0 Å². The molecule has 21 heavy (non-hydrogen) atoms. The summed E-state index contributed by atoms with van der Waals surface area (Å²) < 4.78 is 1.65. The predicted molar refractivity (Wildman–Crippen MR) is 80.3 cm³/mol. The largest absolute Gasteiger partial charge is 0.478 e. The average Bonchev–Trinajstić information content (AvgIpc) is 2.81. The maximum Gasteiger partial charge on any atom is 0.339 e. The van der Waals surface area contributed by atoms with Crippen LogP contribution in [0.4, 0.5) is 0 Å². The van der Waals surface area contributed by atoms with Crippen LogP contribution in [0, 0.1) is 13.8 Å². The summed E-state index contributed by atoms with van der Waals surface area (Å²) in [6.07, 6.45) is 1.56. The third-order valence-electron chi connectivity index (χ3n) is 3.46. The quantitative estimate of drug-likeness (QED) is 0.737. The van der Waals surface area contributed by atoms with Crippen molar-refractivity contribution in [3.05, 3.63) is 52.4 Å². The van der Waals surface area contributed by atoms with E-state index in [2.05, 4.69) is 9.97 Å². The first-order valence-corrected chi connectivity index (χ1v) is 6.69. The highest BCUT2D eigenvalue weighted by Crippen LogP contribution is 2.24. The van der Waals surface area contributed by atoms with Gasteiger partial charge in [0.1, 0.15) is 17.0 Å². The molecular formula is C15H12ClN3O2. The molecule has 0 aliphatic rings. The van der Waals surface area contributed by atoms with Crippen molar-refractivity contribution in [1.29, 1.82) is 0 Å². The lowest BCUT2D eigenvalue weighted by atomic mass is 10.1. The van der Waals surface area contributed by atoms with Crippen molar-refractivity contribution >= 4 is 28.6 Å². The van der Waals surface area contributed by atoms with Crippen molar-refractivity contribution in [3.63, 3.8) is 0 Å². The van der Waals surface area contributed by atoms with Gasteiger partial charge in [0.15, 0.2) is 5.82 Å². The Morgan fingerprint density at radius 2 is 1.95 bits per heavy atom. The number of aryl methyl sites for hydroxylation is 2. The predicted octanol–water partition coefficient (Wildman–Crippen LogP) is 3.39. The van der Waals surface area contributed by atoms with E-state index < -0.39 is 5.97 Å². The Balaban J connectivity index is 2.33. The van der Waals surface area contributed by atoms with E-state index in [1.165, 1.54) is 12.1 Å². The highest BCUT2D eigenvalue weighted by atomic mass is 35.5. The Bertz CT molecular complexity index is 871. The molecule has 0 fully saturated rings. The molecule has 2 heterocycles. The number of carbonyl (C=O) groups is 1. The second-order valence-electron chi connectivity index (χ2n) is 4.85. The standard InChI is InChI=1S/C15H12ClN3O2/c1-8-5-11-12(6-9(8)2)19(7-17-11)14-10(15(20)21)3-4-13(16)18-14/h3-7H,1-2H3,(H,20,21). The monoisotopic (exact) mass is 301 g/mol. The average molecular weight is 302 g/mol. The van der Waals surface area contributed by atoms with Crippen LogP contribution in [-0.4, -0.2) is 25.6 Å². The fourth-order valence-corrected chi connectivity index (χ4v) is 2.35. The summed E-state index contributed by atoms with van der Waals surface area (Å²) in [7, 11) is 0. The van der Waals surface area contributed by atoms with Crippen LogP contribution in [0.3, 0.4) is 0 Å². The first kappa shape index (κ1) is 13.6. The molecular weight excluding hydrogens is 290 g/mol. The van der Waals surface area contributed by atoms with Gasteiger partial charge in [-0.3, -0.25) is 4.57 Å². The van der Waals surface area contributed by atoms with Crippen molar-refractivity contribution in [3.8, 4) is 5.82 Å². The van der Waals surface area contributed by atoms with Gasteiger partial charge in [-0.05, 0) is 49.2 Å². The van der Waals surface area contributed by atoms with Gasteiger partial charge in [-0.15, -0.1) is 0 Å². The smallest absolute Gasteiger partial charge is 0.339 e. The number of pyridine rings is 1. The van der Waals surface area contributed by atoms with Gasteiger partial charge in [-0.1, -0.05) is 11.6 Å². The highest BCUT2D eigenvalue weighted by Gasteiger charge is 2.16. The fourth-order valence-electron chi connectivity index (χ4n) is 2.21. The van der Waals surface area contributed by atoms with Crippen molar-refractivity contribution in [2.75, 3.05) is 0 Å². The number of hydrogen-bond donors (Lipinski definition) is 1. The normalized spacial score (nSPS) is 11.0. The first-order chi connectivity index (χ1) is 9.97. The maximum absolute atomic E-state index is 11.4. The molecule has 3 aromatic rings. The van der Waals surface area contributed by atoms with Crippen LogP contribution < -0.4 is 0 Å². The van der Waals surface area contributed by atoms with E-state index in [1.807, 2.05) is 26.0 Å². The van der Waals surface area contributed by atoms with Gasteiger partial charge in [0.25, 0.3) is 0 Å². The van der Waals surface area contributed by atoms with Crippen molar-refractivity contribution < 1.29 is 9.90 Å². The molecule has 0 spiro atoms. The van der Waals surface area contributed by atoms with Crippen LogP contribution in [0.15, 0.2) is 30.6 Å². The third kappa shape index (κ3) is 2.25. The number of nitrogens with zero attached hydrogens (tertiary/aromatic N) is 3. The minimum absolute atomic E-state index is 0.0805. The van der Waals surface area contributed by atoms with Crippen LogP contribution in [0.1, 0.15) is 21.5 Å². The number of benzene rings is 1. The number of fused-ring (bicyclic) bond motifs is 1. The zero-order valence-corrected chi connectivity index (χ0v) is 12.2. The van der Waals surface area contributed by atoms with Crippen LogP contribution in [-0.2, 0) is 0 Å². The molecule has 6 heteroatoms. The molecule has 0 radical (unpaired) electrons.